The lowest BCUT2D eigenvalue weighted by Gasteiger charge is -2.15. The second-order valence-corrected chi connectivity index (χ2v) is 5.78. The van der Waals surface area contributed by atoms with E-state index in [0.717, 1.165) is 31.4 Å². The molecule has 0 saturated heterocycles. The molecule has 5 heteroatoms. The summed E-state index contributed by atoms with van der Waals surface area (Å²) in [5.74, 6) is 0.0601. The summed E-state index contributed by atoms with van der Waals surface area (Å²) >= 11 is 0. The fraction of sp³-hybridized carbons (Fsp3) is 0.500. The summed E-state index contributed by atoms with van der Waals surface area (Å²) in [6, 6.07) is 8.05. The van der Waals surface area contributed by atoms with Crippen molar-refractivity contribution in [3.8, 4) is 0 Å². The van der Waals surface area contributed by atoms with Crippen molar-refractivity contribution in [1.29, 1.82) is 0 Å². The second-order valence-electron chi connectivity index (χ2n) is 5.78. The first-order valence-electron chi connectivity index (χ1n) is 7.64. The van der Waals surface area contributed by atoms with Crippen LogP contribution in [0.1, 0.15) is 31.2 Å². The average molecular weight is 287 g/mol. The highest BCUT2D eigenvalue weighted by Gasteiger charge is 2.24. The molecule has 1 unspecified atom stereocenters. The van der Waals surface area contributed by atoms with Crippen LogP contribution in [0.2, 0.25) is 0 Å². The summed E-state index contributed by atoms with van der Waals surface area (Å²) in [6.07, 6.45) is 4.24. The van der Waals surface area contributed by atoms with Gasteiger partial charge in [-0.05, 0) is 37.3 Å². The van der Waals surface area contributed by atoms with E-state index in [9.17, 15) is 9.59 Å². The number of rotatable bonds is 5. The Balaban J connectivity index is 1.48. The smallest absolute Gasteiger partial charge is 0.241 e. The summed E-state index contributed by atoms with van der Waals surface area (Å²) < 4.78 is 0. The van der Waals surface area contributed by atoms with Gasteiger partial charge in [0.15, 0.2) is 0 Å². The predicted octanol–water partition coefficient (Wildman–Crippen LogP) is 1.20. The molecule has 2 aliphatic rings. The number of para-hydroxylation sites is 1. The minimum absolute atomic E-state index is 0.0115. The van der Waals surface area contributed by atoms with E-state index in [1.165, 1.54) is 5.56 Å². The number of nitrogens with one attached hydrogen (secondary N) is 3. The molecule has 1 aliphatic heterocycles. The van der Waals surface area contributed by atoms with Crippen LogP contribution in [0.5, 0.6) is 0 Å². The molecule has 112 valence electrons. The van der Waals surface area contributed by atoms with Gasteiger partial charge in [0.2, 0.25) is 11.8 Å². The Kier molecular flexibility index (Phi) is 4.20. The number of fused-ring (bicyclic) bond motifs is 1. The number of hydrogen-bond donors (Lipinski definition) is 3. The summed E-state index contributed by atoms with van der Waals surface area (Å²) in [5, 5.41) is 9.10. The highest BCUT2D eigenvalue weighted by atomic mass is 16.2. The molecule has 0 aromatic heterocycles. The molecule has 2 amide bonds. The van der Waals surface area contributed by atoms with Crippen LogP contribution in [0.3, 0.4) is 0 Å². The van der Waals surface area contributed by atoms with Crippen LogP contribution in [0, 0.1) is 0 Å². The third kappa shape index (κ3) is 3.82. The van der Waals surface area contributed by atoms with Crippen LogP contribution in [0.15, 0.2) is 24.3 Å². The maximum absolute atomic E-state index is 12.2. The number of hydrogen-bond acceptors (Lipinski definition) is 3. The molecule has 3 rings (SSSR count). The van der Waals surface area contributed by atoms with Crippen LogP contribution in [-0.4, -0.2) is 30.4 Å². The van der Waals surface area contributed by atoms with Crippen molar-refractivity contribution >= 4 is 17.5 Å². The molecule has 0 spiro atoms. The molecule has 3 N–H and O–H groups in total. The van der Waals surface area contributed by atoms with Crippen LogP contribution in [0.25, 0.3) is 0 Å². The lowest BCUT2D eigenvalue weighted by atomic mass is 10.1. The van der Waals surface area contributed by atoms with E-state index in [2.05, 4.69) is 16.0 Å². The largest absolute Gasteiger partial charge is 0.353 e. The monoisotopic (exact) mass is 287 g/mol. The van der Waals surface area contributed by atoms with Crippen molar-refractivity contribution in [2.75, 3.05) is 11.9 Å². The minimum atomic E-state index is -0.230. The molecule has 1 aromatic carbocycles. The summed E-state index contributed by atoms with van der Waals surface area (Å²) in [6.45, 7) is 0.535. The number of carbonyl (C=O) groups excluding carboxylic acids is 2. The van der Waals surface area contributed by atoms with E-state index in [1.54, 1.807) is 0 Å². The van der Waals surface area contributed by atoms with Crippen molar-refractivity contribution in [3.63, 3.8) is 0 Å². The zero-order valence-corrected chi connectivity index (χ0v) is 12.0. The van der Waals surface area contributed by atoms with Gasteiger partial charge in [-0.15, -0.1) is 0 Å². The van der Waals surface area contributed by atoms with Gasteiger partial charge < -0.3 is 16.0 Å². The maximum Gasteiger partial charge on any atom is 0.241 e. The highest BCUT2D eigenvalue weighted by molar-refractivity contribution is 5.96. The molecule has 21 heavy (non-hydrogen) atoms. The molecule has 1 aromatic rings. The first-order chi connectivity index (χ1) is 10.2. The van der Waals surface area contributed by atoms with Crippen LogP contribution < -0.4 is 16.0 Å². The fourth-order valence-electron chi connectivity index (χ4n) is 2.59. The van der Waals surface area contributed by atoms with Gasteiger partial charge in [0.05, 0.1) is 6.04 Å². The number of anilines is 1. The minimum Gasteiger partial charge on any atom is -0.353 e. The third-order valence-electron chi connectivity index (χ3n) is 3.98. The zero-order chi connectivity index (χ0) is 14.7. The van der Waals surface area contributed by atoms with E-state index in [-0.39, 0.29) is 17.9 Å². The van der Waals surface area contributed by atoms with Gasteiger partial charge in [-0.1, -0.05) is 18.2 Å². The first kappa shape index (κ1) is 14.1. The second kappa shape index (κ2) is 6.26. The molecule has 1 atom stereocenters. The lowest BCUT2D eigenvalue weighted by molar-refractivity contribution is -0.122. The summed E-state index contributed by atoms with van der Waals surface area (Å²) in [7, 11) is 0. The van der Waals surface area contributed by atoms with Crippen LogP contribution in [0.4, 0.5) is 5.69 Å². The fourth-order valence-corrected chi connectivity index (χ4v) is 2.59. The third-order valence-corrected chi connectivity index (χ3v) is 3.98. The van der Waals surface area contributed by atoms with E-state index in [4.69, 9.17) is 0 Å². The van der Waals surface area contributed by atoms with Gasteiger partial charge in [0, 0.05) is 24.7 Å². The van der Waals surface area contributed by atoms with Gasteiger partial charge in [0.1, 0.15) is 0 Å². The number of benzene rings is 1. The van der Waals surface area contributed by atoms with E-state index < -0.39 is 0 Å². The Labute approximate surface area is 124 Å². The van der Waals surface area contributed by atoms with Crippen molar-refractivity contribution in [1.82, 2.24) is 10.6 Å². The van der Waals surface area contributed by atoms with Gasteiger partial charge in [-0.25, -0.2) is 0 Å². The molecule has 1 saturated carbocycles. The predicted molar refractivity (Wildman–Crippen MR) is 81.0 cm³/mol. The number of aryl methyl sites for hydroxylation is 1. The Hall–Kier alpha value is -1.88. The van der Waals surface area contributed by atoms with E-state index in [0.29, 0.717) is 19.0 Å². The van der Waals surface area contributed by atoms with E-state index >= 15 is 0 Å². The molecule has 1 fully saturated rings. The summed E-state index contributed by atoms with van der Waals surface area (Å²) in [4.78, 5) is 23.8. The van der Waals surface area contributed by atoms with Crippen LogP contribution in [-0.2, 0) is 16.0 Å². The average Bonchev–Trinajstić information content (AvgIpc) is 3.28. The Bertz CT molecular complexity index is 540. The molecular weight excluding hydrogens is 266 g/mol. The first-order valence-corrected chi connectivity index (χ1v) is 7.64. The highest BCUT2D eigenvalue weighted by Crippen LogP contribution is 2.21. The molecule has 1 aliphatic carbocycles. The molecule has 5 nitrogen and oxygen atoms in total. The van der Waals surface area contributed by atoms with Crippen molar-refractivity contribution in [2.24, 2.45) is 0 Å². The molecule has 1 heterocycles. The zero-order valence-electron chi connectivity index (χ0n) is 12.0. The topological polar surface area (TPSA) is 70.2 Å². The lowest BCUT2D eigenvalue weighted by Crippen LogP contribution is -2.41. The SMILES string of the molecule is O=C(CCNC1CCc2ccccc2NC1=O)NC1CC1. The van der Waals surface area contributed by atoms with Crippen molar-refractivity contribution < 1.29 is 9.59 Å². The van der Waals surface area contributed by atoms with Crippen LogP contribution >= 0.6 is 0 Å². The van der Waals surface area contributed by atoms with Gasteiger partial charge in [0.25, 0.3) is 0 Å². The quantitative estimate of drug-likeness (QED) is 0.762. The summed E-state index contributed by atoms with van der Waals surface area (Å²) in [5.41, 5.74) is 2.07. The van der Waals surface area contributed by atoms with Crippen molar-refractivity contribution in [2.45, 2.75) is 44.2 Å². The number of carbonyl (C=O) groups is 2. The molecule has 0 bridgehead atoms. The van der Waals surface area contributed by atoms with Gasteiger partial charge in [-0.2, -0.15) is 0 Å². The normalized spacial score (nSPS) is 21.1. The van der Waals surface area contributed by atoms with Crippen molar-refractivity contribution in [3.05, 3.63) is 29.8 Å². The Morgan fingerprint density at radius 2 is 2.05 bits per heavy atom. The standard InChI is InChI=1S/C16H21N3O2/c20-15(18-12-6-7-12)9-10-17-14-8-5-11-3-1-2-4-13(11)19-16(14)21/h1-4,12,14,17H,5-10H2,(H,18,20)(H,19,21). The van der Waals surface area contributed by atoms with E-state index in [1.807, 2.05) is 24.3 Å². The molecular formula is C16H21N3O2. The molecule has 0 radical (unpaired) electrons. The Morgan fingerprint density at radius 1 is 1.24 bits per heavy atom. The number of amides is 2. The van der Waals surface area contributed by atoms with Gasteiger partial charge >= 0.3 is 0 Å². The Morgan fingerprint density at radius 3 is 2.86 bits per heavy atom. The van der Waals surface area contributed by atoms with Gasteiger partial charge in [-0.3, -0.25) is 9.59 Å². The maximum atomic E-state index is 12.2.